The lowest BCUT2D eigenvalue weighted by Crippen LogP contribution is -2.28. The Labute approximate surface area is 190 Å². The Bertz CT molecular complexity index is 1300. The lowest BCUT2D eigenvalue weighted by atomic mass is 10.1. The number of rotatable bonds is 6. The number of nitro benzene ring substituents is 2. The van der Waals surface area contributed by atoms with Crippen LogP contribution in [-0.4, -0.2) is 30.9 Å². The molecule has 0 radical (unpaired) electrons. The Kier molecular flexibility index (Phi) is 5.91. The van der Waals surface area contributed by atoms with E-state index in [1.54, 1.807) is 36.4 Å². The first-order valence-electron chi connectivity index (χ1n) is 9.37. The summed E-state index contributed by atoms with van der Waals surface area (Å²) in [4.78, 5) is 39.8. The zero-order valence-electron chi connectivity index (χ0n) is 16.7. The molecule has 166 valence electrons. The van der Waals surface area contributed by atoms with Crippen LogP contribution in [0.5, 0.6) is 5.75 Å². The van der Waals surface area contributed by atoms with Crippen molar-refractivity contribution in [3.05, 3.63) is 97.3 Å². The molecule has 1 saturated heterocycles. The van der Waals surface area contributed by atoms with Crippen LogP contribution >= 0.6 is 11.8 Å². The number of phenolic OH excluding ortho intramolecular Hbond substituents is 1. The molecule has 0 bridgehead atoms. The minimum absolute atomic E-state index is 0.0707. The number of aromatic hydroxyl groups is 1. The minimum atomic E-state index is -0.931. The van der Waals surface area contributed by atoms with Gasteiger partial charge >= 0.3 is 5.69 Å². The first-order chi connectivity index (χ1) is 15.8. The van der Waals surface area contributed by atoms with E-state index in [0.29, 0.717) is 22.7 Å². The normalized spacial score (nSPS) is 16.0. The molecule has 11 nitrogen and oxygen atoms in total. The molecule has 0 spiro atoms. The van der Waals surface area contributed by atoms with Crippen LogP contribution in [0.25, 0.3) is 6.08 Å². The molecule has 12 heteroatoms. The lowest BCUT2D eigenvalue weighted by molar-refractivity contribution is -0.394. The molecule has 1 aliphatic rings. The number of amidine groups is 1. The number of amides is 1. The van der Waals surface area contributed by atoms with Crippen LogP contribution in [0.2, 0.25) is 0 Å². The van der Waals surface area contributed by atoms with Crippen molar-refractivity contribution in [2.45, 2.75) is 6.54 Å². The van der Waals surface area contributed by atoms with Gasteiger partial charge in [-0.05, 0) is 42.1 Å². The molecule has 2 heterocycles. The Hall–Kier alpha value is -4.45. The van der Waals surface area contributed by atoms with Crippen molar-refractivity contribution in [2.24, 2.45) is 4.99 Å². The highest BCUT2D eigenvalue weighted by atomic mass is 32.2. The third-order valence-corrected chi connectivity index (χ3v) is 5.57. The first kappa shape index (κ1) is 21.8. The van der Waals surface area contributed by atoms with Crippen LogP contribution in [-0.2, 0) is 11.3 Å². The number of hydrogen-bond donors (Lipinski definition) is 1. The number of furan rings is 1. The molecule has 2 aromatic carbocycles. The maximum Gasteiger partial charge on any atom is 0.318 e. The van der Waals surface area contributed by atoms with E-state index in [-0.39, 0.29) is 17.0 Å². The molecule has 3 aromatic rings. The standard InChI is InChI=1S/C21H14N4O7S/c26-19-13(9-15(24(28)29)11-17(19)25(30)31)10-18-20(27)23(12-16-7-4-8-32-16)21(33-18)22-14-5-2-1-3-6-14/h1-11,26H,12H2/b18-10-,22-21?. The summed E-state index contributed by atoms with van der Waals surface area (Å²) in [6.45, 7) is 0.0723. The number of nitro groups is 2. The number of carbonyl (C=O) groups is 1. The van der Waals surface area contributed by atoms with E-state index in [4.69, 9.17) is 4.42 Å². The van der Waals surface area contributed by atoms with Gasteiger partial charge in [0.25, 0.3) is 11.6 Å². The van der Waals surface area contributed by atoms with Crippen LogP contribution in [0.15, 0.2) is 75.2 Å². The predicted octanol–water partition coefficient (Wildman–Crippen LogP) is 4.61. The van der Waals surface area contributed by atoms with Gasteiger partial charge in [-0.15, -0.1) is 0 Å². The third-order valence-electron chi connectivity index (χ3n) is 4.56. The Morgan fingerprint density at radius 2 is 1.85 bits per heavy atom. The summed E-state index contributed by atoms with van der Waals surface area (Å²) in [6, 6.07) is 13.9. The van der Waals surface area contributed by atoms with Gasteiger partial charge in [0.2, 0.25) is 5.75 Å². The molecule has 4 rings (SSSR count). The van der Waals surface area contributed by atoms with Gasteiger partial charge in [-0.1, -0.05) is 18.2 Å². The molecule has 0 aliphatic carbocycles. The molecular weight excluding hydrogens is 452 g/mol. The van der Waals surface area contributed by atoms with E-state index in [1.165, 1.54) is 17.2 Å². The van der Waals surface area contributed by atoms with Crippen LogP contribution < -0.4 is 0 Å². The van der Waals surface area contributed by atoms with Gasteiger partial charge in [-0.25, -0.2) is 4.99 Å². The molecule has 0 unspecified atom stereocenters. The molecule has 0 atom stereocenters. The highest BCUT2D eigenvalue weighted by Crippen LogP contribution is 2.40. The number of nitrogens with zero attached hydrogens (tertiary/aromatic N) is 4. The van der Waals surface area contributed by atoms with E-state index in [0.717, 1.165) is 17.8 Å². The fraction of sp³-hybridized carbons (Fsp3) is 0.0476. The van der Waals surface area contributed by atoms with Gasteiger partial charge in [-0.3, -0.25) is 29.9 Å². The van der Waals surface area contributed by atoms with Gasteiger partial charge in [0.1, 0.15) is 5.76 Å². The summed E-state index contributed by atoms with van der Waals surface area (Å²) in [5.41, 5.74) is -1.07. The van der Waals surface area contributed by atoms with Crippen molar-refractivity contribution in [2.75, 3.05) is 0 Å². The van der Waals surface area contributed by atoms with Gasteiger partial charge in [-0.2, -0.15) is 0 Å². The molecule has 1 aliphatic heterocycles. The van der Waals surface area contributed by atoms with E-state index >= 15 is 0 Å². The second-order valence-corrected chi connectivity index (χ2v) is 7.74. The number of phenols is 1. The SMILES string of the molecule is O=C1/C(=C/c2cc([N+](=O)[O-])cc([N+](=O)[O-])c2O)SC(=Nc2ccccc2)N1Cc1ccco1. The summed E-state index contributed by atoms with van der Waals surface area (Å²) >= 11 is 0.971. The van der Waals surface area contributed by atoms with E-state index in [9.17, 15) is 30.1 Å². The number of thioether (sulfide) groups is 1. The number of para-hydroxylation sites is 1. The first-order valence-corrected chi connectivity index (χ1v) is 10.2. The molecular formula is C21H14N4O7S. The Balaban J connectivity index is 1.78. The topological polar surface area (TPSA) is 152 Å². The molecule has 1 N–H and O–H groups in total. The average molecular weight is 466 g/mol. The average Bonchev–Trinajstić information content (AvgIpc) is 3.40. The van der Waals surface area contributed by atoms with Crippen molar-refractivity contribution in [3.63, 3.8) is 0 Å². The van der Waals surface area contributed by atoms with Crippen LogP contribution in [0.3, 0.4) is 0 Å². The van der Waals surface area contributed by atoms with Crippen molar-refractivity contribution < 1.29 is 24.2 Å². The Morgan fingerprint density at radius 3 is 2.48 bits per heavy atom. The van der Waals surface area contributed by atoms with Gasteiger partial charge in [0.15, 0.2) is 5.17 Å². The fourth-order valence-corrected chi connectivity index (χ4v) is 4.01. The second-order valence-electron chi connectivity index (χ2n) is 6.73. The fourth-order valence-electron chi connectivity index (χ4n) is 3.02. The zero-order chi connectivity index (χ0) is 23.5. The van der Waals surface area contributed by atoms with E-state index in [1.807, 2.05) is 6.07 Å². The van der Waals surface area contributed by atoms with Crippen LogP contribution in [0.4, 0.5) is 17.1 Å². The third kappa shape index (κ3) is 4.60. The molecule has 1 fully saturated rings. The monoisotopic (exact) mass is 466 g/mol. The van der Waals surface area contributed by atoms with Crippen LogP contribution in [0.1, 0.15) is 11.3 Å². The Morgan fingerprint density at radius 1 is 1.09 bits per heavy atom. The number of benzene rings is 2. The lowest BCUT2D eigenvalue weighted by Gasteiger charge is -2.13. The van der Waals surface area contributed by atoms with Crippen molar-refractivity contribution in [1.29, 1.82) is 0 Å². The van der Waals surface area contributed by atoms with Crippen molar-refractivity contribution >= 4 is 46.0 Å². The summed E-state index contributed by atoms with van der Waals surface area (Å²) in [5.74, 6) is -0.781. The molecule has 1 amide bonds. The molecule has 33 heavy (non-hydrogen) atoms. The summed E-state index contributed by atoms with van der Waals surface area (Å²) < 4.78 is 5.33. The largest absolute Gasteiger partial charge is 0.502 e. The summed E-state index contributed by atoms with van der Waals surface area (Å²) in [7, 11) is 0. The number of non-ortho nitro benzene ring substituents is 1. The second kappa shape index (κ2) is 8.96. The van der Waals surface area contributed by atoms with E-state index in [2.05, 4.69) is 4.99 Å². The van der Waals surface area contributed by atoms with Gasteiger partial charge in [0, 0.05) is 11.6 Å². The highest BCUT2D eigenvalue weighted by Gasteiger charge is 2.35. The summed E-state index contributed by atoms with van der Waals surface area (Å²) in [6.07, 6.45) is 2.64. The minimum Gasteiger partial charge on any atom is -0.502 e. The smallest absolute Gasteiger partial charge is 0.318 e. The van der Waals surface area contributed by atoms with Crippen molar-refractivity contribution in [3.8, 4) is 5.75 Å². The number of hydrogen-bond acceptors (Lipinski definition) is 9. The van der Waals surface area contributed by atoms with Gasteiger partial charge < -0.3 is 9.52 Å². The summed E-state index contributed by atoms with van der Waals surface area (Å²) in [5, 5.41) is 33.0. The van der Waals surface area contributed by atoms with Gasteiger partial charge in [0.05, 0.1) is 39.3 Å². The van der Waals surface area contributed by atoms with Crippen LogP contribution in [0, 0.1) is 20.2 Å². The highest BCUT2D eigenvalue weighted by molar-refractivity contribution is 8.18. The quantitative estimate of drug-likeness (QED) is 0.314. The van der Waals surface area contributed by atoms with Crippen molar-refractivity contribution in [1.82, 2.24) is 4.90 Å². The van der Waals surface area contributed by atoms with E-state index < -0.39 is 32.9 Å². The molecule has 0 saturated carbocycles. The number of aliphatic imine (C=N–C) groups is 1. The predicted molar refractivity (Wildman–Crippen MR) is 120 cm³/mol. The zero-order valence-corrected chi connectivity index (χ0v) is 17.5. The molecule has 1 aromatic heterocycles. The number of carbonyl (C=O) groups excluding carboxylic acids is 1. The maximum absolute atomic E-state index is 13.2. The maximum atomic E-state index is 13.2.